The molecule has 3 heteroatoms. The molecule has 0 unspecified atom stereocenters. The molecule has 0 saturated heterocycles. The third-order valence-corrected chi connectivity index (χ3v) is 5.25. The van der Waals surface area contributed by atoms with Crippen molar-refractivity contribution >= 4 is 34.3 Å². The molecule has 0 fully saturated rings. The number of hydrogen-bond acceptors (Lipinski definition) is 2. The third kappa shape index (κ3) is 3.21. The zero-order chi connectivity index (χ0) is 16.4. The lowest BCUT2D eigenvalue weighted by Crippen LogP contribution is -1.84. The maximum absolute atomic E-state index is 6.23. The molecule has 1 aromatic heterocycles. The number of thioether (sulfide) groups is 1. The van der Waals surface area contributed by atoms with Gasteiger partial charge in [0, 0.05) is 26.6 Å². The Hall–Kier alpha value is -2.16. The molecule has 118 valence electrons. The van der Waals surface area contributed by atoms with E-state index in [2.05, 4.69) is 42.5 Å². The van der Waals surface area contributed by atoms with Gasteiger partial charge in [0.1, 0.15) is 11.3 Å². The summed E-state index contributed by atoms with van der Waals surface area (Å²) in [6.07, 6.45) is 0. The van der Waals surface area contributed by atoms with E-state index < -0.39 is 0 Å². The van der Waals surface area contributed by atoms with Crippen molar-refractivity contribution in [3.8, 4) is 11.3 Å². The minimum Gasteiger partial charge on any atom is -0.456 e. The molecule has 0 aliphatic heterocycles. The van der Waals surface area contributed by atoms with Crippen molar-refractivity contribution in [2.45, 2.75) is 10.6 Å². The minimum absolute atomic E-state index is 0.717. The molecule has 0 bridgehead atoms. The predicted octanol–water partition coefficient (Wildman–Crippen LogP) is 7.05. The average molecular weight is 351 g/mol. The van der Waals surface area contributed by atoms with Gasteiger partial charge in [-0.25, -0.2) is 0 Å². The van der Waals surface area contributed by atoms with Crippen LogP contribution in [0.1, 0.15) is 5.56 Å². The first-order valence-electron chi connectivity index (χ1n) is 7.75. The van der Waals surface area contributed by atoms with Gasteiger partial charge in [0.25, 0.3) is 0 Å². The summed E-state index contributed by atoms with van der Waals surface area (Å²) in [6.45, 7) is 0. The van der Waals surface area contributed by atoms with Gasteiger partial charge in [-0.3, -0.25) is 0 Å². The Morgan fingerprint density at radius 2 is 1.62 bits per heavy atom. The van der Waals surface area contributed by atoms with Gasteiger partial charge in [-0.1, -0.05) is 60.1 Å². The quantitative estimate of drug-likeness (QED) is 0.366. The number of hydrogen-bond donors (Lipinski definition) is 0. The second kappa shape index (κ2) is 6.76. The summed E-state index contributed by atoms with van der Waals surface area (Å²) in [5, 5.41) is 1.82. The van der Waals surface area contributed by atoms with Crippen LogP contribution in [0.3, 0.4) is 0 Å². The number of rotatable bonds is 4. The maximum Gasteiger partial charge on any atom is 0.136 e. The number of fused-ring (bicyclic) bond motifs is 1. The number of para-hydroxylation sites is 1. The van der Waals surface area contributed by atoms with Crippen LogP contribution in [0.25, 0.3) is 22.3 Å². The molecule has 0 aliphatic rings. The molecule has 0 radical (unpaired) electrons. The lowest BCUT2D eigenvalue weighted by molar-refractivity contribution is 0.630. The molecule has 3 aromatic carbocycles. The van der Waals surface area contributed by atoms with Crippen LogP contribution in [0, 0.1) is 0 Å². The standard InChI is InChI=1S/C21H15ClOS/c22-17-10-11-21(24-14-15-6-2-1-3-7-15)18(13-17)20-12-16-8-4-5-9-19(16)23-20/h1-13H,14H2. The van der Waals surface area contributed by atoms with Crippen molar-refractivity contribution in [2.75, 3.05) is 0 Å². The van der Waals surface area contributed by atoms with Crippen LogP contribution in [-0.4, -0.2) is 0 Å². The molecule has 0 atom stereocenters. The predicted molar refractivity (Wildman–Crippen MR) is 103 cm³/mol. The zero-order valence-corrected chi connectivity index (χ0v) is 14.5. The smallest absolute Gasteiger partial charge is 0.136 e. The van der Waals surface area contributed by atoms with Gasteiger partial charge in [0.05, 0.1) is 0 Å². The highest BCUT2D eigenvalue weighted by atomic mass is 35.5. The Kier molecular flexibility index (Phi) is 4.33. The van der Waals surface area contributed by atoms with E-state index in [4.69, 9.17) is 16.0 Å². The molecular formula is C21H15ClOS. The molecule has 24 heavy (non-hydrogen) atoms. The topological polar surface area (TPSA) is 13.1 Å². The van der Waals surface area contributed by atoms with Crippen LogP contribution in [0.5, 0.6) is 0 Å². The highest BCUT2D eigenvalue weighted by molar-refractivity contribution is 7.98. The van der Waals surface area contributed by atoms with E-state index in [1.165, 1.54) is 10.5 Å². The van der Waals surface area contributed by atoms with Crippen molar-refractivity contribution in [1.29, 1.82) is 0 Å². The van der Waals surface area contributed by atoms with E-state index in [0.717, 1.165) is 33.1 Å². The second-order valence-corrected chi connectivity index (χ2v) is 7.02. The van der Waals surface area contributed by atoms with Gasteiger partial charge in [-0.15, -0.1) is 11.8 Å². The lowest BCUT2D eigenvalue weighted by Gasteiger charge is -2.08. The van der Waals surface area contributed by atoms with E-state index in [-0.39, 0.29) is 0 Å². The Morgan fingerprint density at radius 1 is 0.833 bits per heavy atom. The Balaban J connectivity index is 1.70. The Bertz CT molecular complexity index is 942. The largest absolute Gasteiger partial charge is 0.456 e. The normalized spacial score (nSPS) is 11.0. The second-order valence-electron chi connectivity index (χ2n) is 5.56. The fraction of sp³-hybridized carbons (Fsp3) is 0.0476. The first-order valence-corrected chi connectivity index (χ1v) is 9.11. The van der Waals surface area contributed by atoms with E-state index in [1.807, 2.05) is 36.4 Å². The first-order chi connectivity index (χ1) is 11.8. The molecule has 1 nitrogen and oxygen atoms in total. The van der Waals surface area contributed by atoms with Crippen molar-refractivity contribution < 1.29 is 4.42 Å². The van der Waals surface area contributed by atoms with Crippen LogP contribution >= 0.6 is 23.4 Å². The van der Waals surface area contributed by atoms with Crippen molar-refractivity contribution in [3.05, 3.63) is 89.4 Å². The molecule has 0 spiro atoms. The van der Waals surface area contributed by atoms with Crippen LogP contribution in [0.4, 0.5) is 0 Å². The fourth-order valence-corrected chi connectivity index (χ4v) is 3.84. The molecule has 1 heterocycles. The Morgan fingerprint density at radius 3 is 2.46 bits per heavy atom. The van der Waals surface area contributed by atoms with E-state index in [1.54, 1.807) is 11.8 Å². The summed E-state index contributed by atoms with van der Waals surface area (Å²) in [4.78, 5) is 1.17. The number of halogens is 1. The highest BCUT2D eigenvalue weighted by Crippen LogP contribution is 2.37. The van der Waals surface area contributed by atoms with Gasteiger partial charge in [-0.2, -0.15) is 0 Å². The molecule has 4 rings (SSSR count). The summed E-state index contributed by atoms with van der Waals surface area (Å²) in [7, 11) is 0. The van der Waals surface area contributed by atoms with Crippen LogP contribution < -0.4 is 0 Å². The molecule has 0 saturated carbocycles. The van der Waals surface area contributed by atoms with Gasteiger partial charge in [0.2, 0.25) is 0 Å². The van der Waals surface area contributed by atoms with Crippen molar-refractivity contribution in [2.24, 2.45) is 0 Å². The summed E-state index contributed by atoms with van der Waals surface area (Å²) in [5.74, 6) is 1.77. The fourth-order valence-electron chi connectivity index (χ4n) is 2.67. The highest BCUT2D eigenvalue weighted by Gasteiger charge is 2.12. The van der Waals surface area contributed by atoms with Gasteiger partial charge < -0.3 is 4.42 Å². The summed E-state index contributed by atoms with van der Waals surface area (Å²) in [5.41, 5.74) is 3.24. The summed E-state index contributed by atoms with van der Waals surface area (Å²) in [6, 6.07) is 26.6. The molecule has 0 N–H and O–H groups in total. The summed E-state index contributed by atoms with van der Waals surface area (Å²) >= 11 is 8.03. The third-order valence-electron chi connectivity index (χ3n) is 3.87. The van der Waals surface area contributed by atoms with E-state index in [9.17, 15) is 0 Å². The molecule has 4 aromatic rings. The van der Waals surface area contributed by atoms with Crippen LogP contribution in [-0.2, 0) is 5.75 Å². The number of benzene rings is 3. The Labute approximate surface area is 150 Å². The first kappa shape index (κ1) is 15.4. The van der Waals surface area contributed by atoms with Gasteiger partial charge >= 0.3 is 0 Å². The van der Waals surface area contributed by atoms with Crippen molar-refractivity contribution in [3.63, 3.8) is 0 Å². The monoisotopic (exact) mass is 350 g/mol. The SMILES string of the molecule is Clc1ccc(SCc2ccccc2)c(-c2cc3ccccc3o2)c1. The molecule has 0 aliphatic carbocycles. The average Bonchev–Trinajstić information content (AvgIpc) is 3.05. The maximum atomic E-state index is 6.23. The summed E-state index contributed by atoms with van der Waals surface area (Å²) < 4.78 is 6.03. The van der Waals surface area contributed by atoms with Gasteiger partial charge in [-0.05, 0) is 35.9 Å². The number of furan rings is 1. The molecular weight excluding hydrogens is 336 g/mol. The molecule has 0 amide bonds. The zero-order valence-electron chi connectivity index (χ0n) is 12.9. The van der Waals surface area contributed by atoms with Gasteiger partial charge in [0.15, 0.2) is 0 Å². The van der Waals surface area contributed by atoms with Crippen LogP contribution in [0.15, 0.2) is 88.2 Å². The van der Waals surface area contributed by atoms with Crippen LogP contribution in [0.2, 0.25) is 5.02 Å². The minimum atomic E-state index is 0.717. The lowest BCUT2D eigenvalue weighted by atomic mass is 10.1. The van der Waals surface area contributed by atoms with E-state index >= 15 is 0 Å². The van der Waals surface area contributed by atoms with E-state index in [0.29, 0.717) is 0 Å². The van der Waals surface area contributed by atoms with Crippen molar-refractivity contribution in [1.82, 2.24) is 0 Å².